The summed E-state index contributed by atoms with van der Waals surface area (Å²) < 4.78 is 34.0. The number of aromatic nitrogens is 2. The van der Waals surface area contributed by atoms with Gasteiger partial charge in [0.1, 0.15) is 24.3 Å². The summed E-state index contributed by atoms with van der Waals surface area (Å²) in [4.78, 5) is 18.8. The Kier molecular flexibility index (Phi) is 5.89. The van der Waals surface area contributed by atoms with Crippen LogP contribution in [0.1, 0.15) is 38.9 Å². The summed E-state index contributed by atoms with van der Waals surface area (Å²) in [6.45, 7) is 22.6. The molecule has 0 fully saturated rings. The average molecular weight is 563 g/mol. The zero-order valence-electron chi connectivity index (χ0n) is 25.9. The van der Waals surface area contributed by atoms with Crippen molar-refractivity contribution in [1.82, 2.24) is 9.97 Å². The quantitative estimate of drug-likeness (QED) is 0.212. The minimum Gasteiger partial charge on any atom is -0.255 e. The normalized spacial score (nSPS) is 12.5. The van der Waals surface area contributed by atoms with Gasteiger partial charge in [0.05, 0.1) is 63.2 Å². The molecule has 0 saturated carbocycles. The van der Waals surface area contributed by atoms with Crippen molar-refractivity contribution in [2.45, 2.75) is 0 Å². The van der Waals surface area contributed by atoms with E-state index in [4.69, 9.17) is 25.2 Å². The standard InChI is InChI=1S/C34H10N10/c1-40-30-11-21(8-25(14-37)32(30)42-3)28(15-38)26-6-19-4-5-20-7-27(18-44-34(20)33(19)43-17-26)31(41-2)22-9-23(12-35)29(16-39)24(10-22)13-36/h4-11,17-18H/b28-26+,31-27+/i8D,9D,10D,11D. The summed E-state index contributed by atoms with van der Waals surface area (Å²) >= 11 is 0. The predicted octanol–water partition coefficient (Wildman–Crippen LogP) is 5.17. The number of pyridine rings is 2. The lowest BCUT2D eigenvalue weighted by Gasteiger charge is -2.07. The van der Waals surface area contributed by atoms with Crippen LogP contribution in [0.15, 0.2) is 60.8 Å². The molecule has 0 bridgehead atoms. The SMILES string of the molecule is [2H]c1c(C#N)c([N+]#[C-])c([N+]#[C-])c([2H])c1/C(C#N)=c1/cnc2c(ccc3c/c(=C(\[N+]#[C-])c4c([2H])c(C#N)c(C#N)c(C#N)c4[2H])cnc32)c1. The van der Waals surface area contributed by atoms with Gasteiger partial charge in [0.25, 0.3) is 0 Å². The molecule has 0 aliphatic heterocycles. The monoisotopic (exact) mass is 562 g/mol. The van der Waals surface area contributed by atoms with Gasteiger partial charge < -0.3 is 0 Å². The molecule has 5 aromatic rings. The first-order chi connectivity index (χ1) is 23.1. The van der Waals surface area contributed by atoms with Crippen molar-refractivity contribution in [2.24, 2.45) is 0 Å². The van der Waals surface area contributed by atoms with E-state index in [1.165, 1.54) is 12.4 Å². The molecule has 5 rings (SSSR count). The molecule has 0 saturated heterocycles. The maximum atomic E-state index is 10.1. The molecule has 2 heterocycles. The molecule has 0 spiro atoms. The van der Waals surface area contributed by atoms with Crippen LogP contribution >= 0.6 is 0 Å². The lowest BCUT2D eigenvalue weighted by atomic mass is 9.97. The summed E-state index contributed by atoms with van der Waals surface area (Å²) in [5, 5.41) is 49.6. The van der Waals surface area contributed by atoms with E-state index < -0.39 is 57.8 Å². The summed E-state index contributed by atoms with van der Waals surface area (Å²) in [6, 6.07) is 13.0. The Balaban J connectivity index is 1.79. The second kappa shape index (κ2) is 11.3. The second-order valence-corrected chi connectivity index (χ2v) is 8.72. The lowest BCUT2D eigenvalue weighted by molar-refractivity contribution is 1.33. The van der Waals surface area contributed by atoms with Crippen LogP contribution in [0.5, 0.6) is 0 Å². The van der Waals surface area contributed by atoms with E-state index >= 15 is 0 Å². The maximum Gasteiger partial charge on any atom is 0.211 e. The van der Waals surface area contributed by atoms with E-state index in [1.807, 2.05) is 6.07 Å². The van der Waals surface area contributed by atoms with Crippen LogP contribution < -0.4 is 10.4 Å². The molecule has 0 N–H and O–H groups in total. The van der Waals surface area contributed by atoms with Gasteiger partial charge in [-0.1, -0.05) is 24.2 Å². The van der Waals surface area contributed by atoms with Crippen LogP contribution in [0.2, 0.25) is 0 Å². The average Bonchev–Trinajstić information content (AvgIpc) is 3.10. The van der Waals surface area contributed by atoms with Crippen molar-refractivity contribution in [1.29, 1.82) is 26.3 Å². The fourth-order valence-corrected chi connectivity index (χ4v) is 4.43. The summed E-state index contributed by atoms with van der Waals surface area (Å²) in [5.74, 6) is 0. The summed E-state index contributed by atoms with van der Waals surface area (Å²) in [5.41, 5.74) is -2.86. The van der Waals surface area contributed by atoms with Crippen molar-refractivity contribution in [2.75, 3.05) is 0 Å². The Morgan fingerprint density at radius 3 is 1.77 bits per heavy atom. The Morgan fingerprint density at radius 2 is 1.27 bits per heavy atom. The van der Waals surface area contributed by atoms with Crippen molar-refractivity contribution in [3.8, 4) is 30.3 Å². The van der Waals surface area contributed by atoms with Crippen LogP contribution in [0.4, 0.5) is 11.4 Å². The Labute approximate surface area is 255 Å². The van der Waals surface area contributed by atoms with E-state index in [-0.39, 0.29) is 32.8 Å². The zero-order valence-corrected chi connectivity index (χ0v) is 21.9. The number of benzene rings is 3. The third-order valence-corrected chi connectivity index (χ3v) is 6.40. The van der Waals surface area contributed by atoms with Gasteiger partial charge in [0, 0.05) is 35.3 Å². The molecule has 196 valence electrons. The number of rotatable bonds is 2. The lowest BCUT2D eigenvalue weighted by Crippen LogP contribution is -2.09. The van der Waals surface area contributed by atoms with Crippen LogP contribution in [-0.4, -0.2) is 9.97 Å². The first-order valence-corrected chi connectivity index (χ1v) is 12.1. The Morgan fingerprint density at radius 1 is 0.705 bits per heavy atom. The molecular formula is C34H10N10. The molecule has 0 radical (unpaired) electrons. The molecule has 0 aliphatic carbocycles. The summed E-state index contributed by atoms with van der Waals surface area (Å²) in [6.07, 6.45) is 2.61. The van der Waals surface area contributed by atoms with Crippen molar-refractivity contribution in [3.05, 3.63) is 139 Å². The topological polar surface area (TPSA) is 158 Å². The molecular weight excluding hydrogens is 548 g/mol. The van der Waals surface area contributed by atoms with E-state index in [0.29, 0.717) is 21.8 Å². The van der Waals surface area contributed by atoms with Gasteiger partial charge in [0.15, 0.2) is 5.69 Å². The van der Waals surface area contributed by atoms with Gasteiger partial charge in [0.2, 0.25) is 11.4 Å². The highest BCUT2D eigenvalue weighted by molar-refractivity contribution is 6.03. The fourth-order valence-electron chi connectivity index (χ4n) is 4.43. The minimum absolute atomic E-state index is 0.172. The molecule has 0 amide bonds. The van der Waals surface area contributed by atoms with Crippen LogP contribution in [-0.2, 0) is 0 Å². The van der Waals surface area contributed by atoms with E-state index in [9.17, 15) is 26.3 Å². The van der Waals surface area contributed by atoms with Crippen molar-refractivity contribution >= 4 is 44.5 Å². The van der Waals surface area contributed by atoms with Crippen LogP contribution in [0.3, 0.4) is 0 Å². The second-order valence-electron chi connectivity index (χ2n) is 8.72. The summed E-state index contributed by atoms with van der Waals surface area (Å²) in [7, 11) is 0. The number of nitrogens with zero attached hydrogens (tertiary/aromatic N) is 10. The molecule has 0 atom stereocenters. The maximum absolute atomic E-state index is 10.1. The van der Waals surface area contributed by atoms with Crippen molar-refractivity contribution < 1.29 is 5.48 Å². The van der Waals surface area contributed by atoms with E-state index in [0.717, 1.165) is 0 Å². The molecule has 10 nitrogen and oxygen atoms in total. The molecule has 0 aliphatic rings. The zero-order chi connectivity index (χ0) is 34.9. The van der Waals surface area contributed by atoms with E-state index in [2.05, 4.69) is 24.5 Å². The van der Waals surface area contributed by atoms with Gasteiger partial charge in [-0.3, -0.25) is 14.8 Å². The number of hydrogen-bond acceptors (Lipinski definition) is 7. The van der Waals surface area contributed by atoms with Gasteiger partial charge in [-0.05, 0) is 40.5 Å². The molecule has 0 unspecified atom stereocenters. The first-order valence-electron chi connectivity index (χ1n) is 14.1. The van der Waals surface area contributed by atoms with Gasteiger partial charge in [-0.2, -0.15) is 26.3 Å². The van der Waals surface area contributed by atoms with Crippen molar-refractivity contribution in [3.63, 3.8) is 0 Å². The number of nitriles is 5. The largest absolute Gasteiger partial charge is 0.255 e. The molecule has 2 aromatic heterocycles. The highest BCUT2D eigenvalue weighted by Gasteiger charge is 2.16. The van der Waals surface area contributed by atoms with Gasteiger partial charge in [-0.15, -0.1) is 0 Å². The predicted molar refractivity (Wildman–Crippen MR) is 158 cm³/mol. The first kappa shape index (κ1) is 22.9. The molecule has 3 aromatic carbocycles. The van der Waals surface area contributed by atoms with Crippen LogP contribution in [0, 0.1) is 76.4 Å². The van der Waals surface area contributed by atoms with Gasteiger partial charge >= 0.3 is 0 Å². The number of fused-ring (bicyclic) bond motifs is 3. The minimum atomic E-state index is -0.540. The van der Waals surface area contributed by atoms with Crippen LogP contribution in [0.25, 0.3) is 47.6 Å². The Bertz CT molecular complexity index is 2550. The fraction of sp³-hybridized carbons (Fsp3) is 0. The smallest absolute Gasteiger partial charge is 0.211 e. The Hall–Kier alpha value is -7.86. The van der Waals surface area contributed by atoms with Gasteiger partial charge in [-0.25, -0.2) is 9.69 Å². The molecule has 44 heavy (non-hydrogen) atoms. The molecule has 10 heteroatoms. The highest BCUT2D eigenvalue weighted by Crippen LogP contribution is 2.35. The van der Waals surface area contributed by atoms with E-state index in [1.54, 1.807) is 48.5 Å². The third kappa shape index (κ3) is 4.51. The third-order valence-electron chi connectivity index (χ3n) is 6.40. The highest BCUT2D eigenvalue weighted by atomic mass is 14.8. The number of hydrogen-bond donors (Lipinski definition) is 0.